The molecule has 0 bridgehead atoms. The maximum atomic E-state index is 4.71. The molecule has 38 heavy (non-hydrogen) atoms. The topological polar surface area (TPSA) is 81.4 Å². The Kier molecular flexibility index (Phi) is 4.40. The fourth-order valence-electron chi connectivity index (χ4n) is 6.84. The third-order valence-corrected chi connectivity index (χ3v) is 9.26. The Morgan fingerprint density at radius 2 is 1.08 bits per heavy atom. The number of aromatic amines is 2. The zero-order valence-electron chi connectivity index (χ0n) is 21.1. The van der Waals surface area contributed by atoms with Crippen molar-refractivity contribution in [1.82, 2.24) is 30.6 Å². The molecule has 2 saturated carbocycles. The minimum absolute atomic E-state index is 0.374. The van der Waals surface area contributed by atoms with Crippen LogP contribution in [0.2, 0.25) is 0 Å². The van der Waals surface area contributed by atoms with E-state index in [0.717, 1.165) is 47.0 Å². The molecule has 2 saturated heterocycles. The molecule has 4 heterocycles. The van der Waals surface area contributed by atoms with Crippen LogP contribution in [0.15, 0.2) is 73.1 Å². The Balaban J connectivity index is 0.972. The molecule has 6 nitrogen and oxygen atoms in total. The smallest absolute Gasteiger partial charge is 0.123 e. The van der Waals surface area contributed by atoms with Crippen LogP contribution in [-0.4, -0.2) is 32.0 Å². The second-order valence-electron chi connectivity index (χ2n) is 11.8. The van der Waals surface area contributed by atoms with Gasteiger partial charge in [-0.1, -0.05) is 42.5 Å². The monoisotopic (exact) mass is 498 g/mol. The van der Waals surface area contributed by atoms with Gasteiger partial charge in [0, 0.05) is 23.2 Å². The van der Waals surface area contributed by atoms with E-state index in [1.165, 1.54) is 58.7 Å². The largest absolute Gasteiger partial charge is 0.341 e. The zero-order valence-corrected chi connectivity index (χ0v) is 21.1. The number of hydrogen-bond donors (Lipinski definition) is 4. The van der Waals surface area contributed by atoms with Crippen molar-refractivity contribution in [3.63, 3.8) is 0 Å². The van der Waals surface area contributed by atoms with Gasteiger partial charge in [0.1, 0.15) is 11.6 Å². The number of imidazole rings is 2. The molecule has 6 atom stereocenters. The van der Waals surface area contributed by atoms with E-state index >= 15 is 0 Å². The van der Waals surface area contributed by atoms with Gasteiger partial charge < -0.3 is 20.6 Å². The molecule has 2 aliphatic heterocycles. The lowest BCUT2D eigenvalue weighted by molar-refractivity contribution is 0.543. The lowest BCUT2D eigenvalue weighted by Gasteiger charge is -2.10. The second-order valence-corrected chi connectivity index (χ2v) is 11.8. The highest BCUT2D eigenvalue weighted by molar-refractivity contribution is 5.90. The molecule has 4 fully saturated rings. The molecule has 5 aromatic rings. The van der Waals surface area contributed by atoms with Crippen LogP contribution in [-0.2, 0) is 0 Å². The van der Waals surface area contributed by atoms with Crippen molar-refractivity contribution in [3.8, 4) is 33.6 Å². The lowest BCUT2D eigenvalue weighted by Crippen LogP contribution is -2.18. The summed E-state index contributed by atoms with van der Waals surface area (Å²) in [5, 5.41) is 9.86. The van der Waals surface area contributed by atoms with Crippen LogP contribution in [0.4, 0.5) is 0 Å². The summed E-state index contributed by atoms with van der Waals surface area (Å²) in [5.41, 5.74) is 6.95. The van der Waals surface area contributed by atoms with E-state index < -0.39 is 0 Å². The molecule has 188 valence electrons. The summed E-state index contributed by atoms with van der Waals surface area (Å²) >= 11 is 0. The molecule has 0 spiro atoms. The highest BCUT2D eigenvalue weighted by Gasteiger charge is 2.47. The SMILES string of the molecule is c1cc(-c2ccc3cc(-c4cnc([C@H]5C[C@H]6C[C@@H]6N5)[nH]4)ccc3c2)cc(-c2cnc([C@@H]3C[C@H]4C[C@H]4N3)[nH]2)c1. The van der Waals surface area contributed by atoms with Crippen molar-refractivity contribution < 1.29 is 0 Å². The molecule has 2 aliphatic carbocycles. The van der Waals surface area contributed by atoms with Crippen LogP contribution in [0.25, 0.3) is 44.4 Å². The first-order valence-electron chi connectivity index (χ1n) is 14.0. The third kappa shape index (κ3) is 3.55. The minimum Gasteiger partial charge on any atom is -0.341 e. The van der Waals surface area contributed by atoms with Gasteiger partial charge in [-0.2, -0.15) is 0 Å². The summed E-state index contributed by atoms with van der Waals surface area (Å²) < 4.78 is 0. The molecular formula is C32H30N6. The van der Waals surface area contributed by atoms with E-state index in [4.69, 9.17) is 9.97 Å². The Morgan fingerprint density at radius 1 is 0.553 bits per heavy atom. The average molecular weight is 499 g/mol. The minimum atomic E-state index is 0.374. The van der Waals surface area contributed by atoms with E-state index in [1.54, 1.807) is 0 Å². The summed E-state index contributed by atoms with van der Waals surface area (Å²) in [5.74, 6) is 3.86. The fourth-order valence-corrected chi connectivity index (χ4v) is 6.84. The first-order valence-corrected chi connectivity index (χ1v) is 14.0. The van der Waals surface area contributed by atoms with E-state index in [2.05, 4.69) is 81.3 Å². The summed E-state index contributed by atoms with van der Waals surface area (Å²) in [6.45, 7) is 0. The van der Waals surface area contributed by atoms with E-state index in [0.29, 0.717) is 12.1 Å². The van der Waals surface area contributed by atoms with Crippen LogP contribution >= 0.6 is 0 Å². The maximum Gasteiger partial charge on any atom is 0.123 e. The number of nitrogens with zero attached hydrogens (tertiary/aromatic N) is 2. The molecule has 0 unspecified atom stereocenters. The van der Waals surface area contributed by atoms with Crippen LogP contribution in [0, 0.1) is 11.8 Å². The van der Waals surface area contributed by atoms with Crippen molar-refractivity contribution in [2.75, 3.05) is 0 Å². The van der Waals surface area contributed by atoms with Gasteiger partial charge in [0.15, 0.2) is 0 Å². The summed E-state index contributed by atoms with van der Waals surface area (Å²) in [4.78, 5) is 16.6. The summed E-state index contributed by atoms with van der Waals surface area (Å²) in [7, 11) is 0. The average Bonchev–Trinajstić information content (AvgIpc) is 3.52. The van der Waals surface area contributed by atoms with Gasteiger partial charge in [-0.15, -0.1) is 0 Å². The second kappa shape index (κ2) is 7.88. The number of rotatable bonds is 5. The number of nitrogens with one attached hydrogen (secondary N) is 4. The van der Waals surface area contributed by atoms with Crippen LogP contribution in [0.5, 0.6) is 0 Å². The van der Waals surface area contributed by atoms with Gasteiger partial charge in [0.25, 0.3) is 0 Å². The van der Waals surface area contributed by atoms with Crippen LogP contribution < -0.4 is 10.6 Å². The quantitative estimate of drug-likeness (QED) is 0.235. The zero-order chi connectivity index (χ0) is 24.8. The van der Waals surface area contributed by atoms with Gasteiger partial charge in [0.05, 0.1) is 35.9 Å². The number of piperidine rings is 2. The molecule has 2 aromatic heterocycles. The van der Waals surface area contributed by atoms with Gasteiger partial charge in [0.2, 0.25) is 0 Å². The molecule has 4 aliphatic rings. The van der Waals surface area contributed by atoms with Crippen molar-refractivity contribution in [1.29, 1.82) is 0 Å². The van der Waals surface area contributed by atoms with Gasteiger partial charge in [-0.3, -0.25) is 0 Å². The molecule has 9 rings (SSSR count). The molecular weight excluding hydrogens is 468 g/mol. The Bertz CT molecular complexity index is 1680. The first kappa shape index (κ1) is 21.2. The number of hydrogen-bond acceptors (Lipinski definition) is 4. The van der Waals surface area contributed by atoms with Gasteiger partial charge in [-0.05, 0) is 77.6 Å². The van der Waals surface area contributed by atoms with Crippen molar-refractivity contribution in [2.24, 2.45) is 11.8 Å². The standard InChI is InChI=1S/C32H30N6/c1-2-17(9-21(3-1)29-15-33-31(37-29)27-13-23-11-25(23)35-27)18-4-5-20-10-22(7-6-19(20)8-18)30-16-34-32(38-30)28-14-24-12-26(24)36-28/h1-10,15-16,23-28,35-36H,11-14H2,(H,33,37)(H,34,38)/t23-,24-,25-,26+,27+,28-/m1/s1. The van der Waals surface area contributed by atoms with Gasteiger partial charge >= 0.3 is 0 Å². The summed E-state index contributed by atoms with van der Waals surface area (Å²) in [6.07, 6.45) is 9.05. The fraction of sp³-hybridized carbons (Fsp3) is 0.312. The predicted molar refractivity (Wildman–Crippen MR) is 149 cm³/mol. The molecule has 4 N–H and O–H groups in total. The molecule has 0 amide bonds. The molecule has 3 aromatic carbocycles. The highest BCUT2D eigenvalue weighted by atomic mass is 15.1. The number of H-pyrrole nitrogens is 2. The predicted octanol–water partition coefficient (Wildman–Crippen LogP) is 6.13. The Hall–Kier alpha value is -3.74. The Morgan fingerprint density at radius 3 is 1.68 bits per heavy atom. The van der Waals surface area contributed by atoms with Crippen molar-refractivity contribution in [2.45, 2.75) is 49.9 Å². The van der Waals surface area contributed by atoms with E-state index in [9.17, 15) is 0 Å². The van der Waals surface area contributed by atoms with E-state index in [-0.39, 0.29) is 0 Å². The highest BCUT2D eigenvalue weighted by Crippen LogP contribution is 2.46. The number of benzene rings is 3. The molecule has 0 radical (unpaired) electrons. The van der Waals surface area contributed by atoms with Crippen molar-refractivity contribution >= 4 is 10.8 Å². The maximum absolute atomic E-state index is 4.71. The lowest BCUT2D eigenvalue weighted by atomic mass is 9.98. The third-order valence-electron chi connectivity index (χ3n) is 9.26. The normalized spacial score (nSPS) is 28.9. The summed E-state index contributed by atoms with van der Waals surface area (Å²) in [6, 6.07) is 24.4. The van der Waals surface area contributed by atoms with Crippen molar-refractivity contribution in [3.05, 3.63) is 84.7 Å². The first-order chi connectivity index (χ1) is 18.7. The number of aromatic nitrogens is 4. The number of fused-ring (bicyclic) bond motifs is 3. The van der Waals surface area contributed by atoms with Gasteiger partial charge in [-0.25, -0.2) is 9.97 Å². The van der Waals surface area contributed by atoms with Crippen LogP contribution in [0.3, 0.4) is 0 Å². The van der Waals surface area contributed by atoms with Crippen LogP contribution in [0.1, 0.15) is 49.4 Å². The van der Waals surface area contributed by atoms with E-state index in [1.807, 2.05) is 12.4 Å². The Labute approximate surface area is 221 Å². The molecule has 6 heteroatoms.